The lowest BCUT2D eigenvalue weighted by Crippen LogP contribution is -2.25. The number of fused-ring (bicyclic) bond motifs is 3. The molecule has 0 aliphatic carbocycles. The van der Waals surface area contributed by atoms with E-state index in [4.69, 9.17) is 4.42 Å². The Labute approximate surface area is 164 Å². The van der Waals surface area contributed by atoms with Crippen LogP contribution in [0, 0.1) is 6.92 Å². The van der Waals surface area contributed by atoms with E-state index in [1.54, 1.807) is 18.2 Å². The quantitative estimate of drug-likeness (QED) is 0.445. The maximum Gasteiger partial charge on any atom is 0.416 e. The van der Waals surface area contributed by atoms with Crippen LogP contribution < -0.4 is 5.32 Å². The first kappa shape index (κ1) is 17.6. The van der Waals surface area contributed by atoms with Crippen molar-refractivity contribution in [3.8, 4) is 22.6 Å². The number of hydrogen-bond acceptors (Lipinski definition) is 3. The Bertz CT molecular complexity index is 1210. The van der Waals surface area contributed by atoms with Gasteiger partial charge >= 0.3 is 6.18 Å². The van der Waals surface area contributed by atoms with Crippen LogP contribution in [0.5, 0.6) is 0 Å². The van der Waals surface area contributed by atoms with Gasteiger partial charge in [-0.15, -0.1) is 0 Å². The van der Waals surface area contributed by atoms with Crippen molar-refractivity contribution in [3.05, 3.63) is 83.7 Å². The standard InChI is InChI=1S/C22H16F3N3O/c1-13-11-18-16-7-2-3-8-17(16)26-21(28(18)27-13)20-10-9-19(29-20)14-5-4-6-15(12-14)22(23,24)25/h2-12,21,26H,1H3/t21-/m1/s1. The van der Waals surface area contributed by atoms with Crippen LogP contribution in [0.2, 0.25) is 0 Å². The summed E-state index contributed by atoms with van der Waals surface area (Å²) in [6.07, 6.45) is -4.80. The first-order chi connectivity index (χ1) is 13.9. The van der Waals surface area contributed by atoms with E-state index in [9.17, 15) is 13.2 Å². The van der Waals surface area contributed by atoms with Crippen LogP contribution in [0.25, 0.3) is 22.6 Å². The van der Waals surface area contributed by atoms with Gasteiger partial charge in [0.25, 0.3) is 0 Å². The molecule has 146 valence electrons. The topological polar surface area (TPSA) is 43.0 Å². The summed E-state index contributed by atoms with van der Waals surface area (Å²) in [7, 11) is 0. The average Bonchev–Trinajstić information content (AvgIpc) is 3.33. The monoisotopic (exact) mass is 395 g/mol. The third-order valence-electron chi connectivity index (χ3n) is 4.97. The molecule has 0 radical (unpaired) electrons. The molecule has 29 heavy (non-hydrogen) atoms. The van der Waals surface area contributed by atoms with Crippen LogP contribution in [0.4, 0.5) is 18.9 Å². The number of rotatable bonds is 2. The maximum absolute atomic E-state index is 13.0. The molecule has 1 N–H and O–H groups in total. The van der Waals surface area contributed by atoms with Gasteiger partial charge in [0.15, 0.2) is 6.17 Å². The summed E-state index contributed by atoms with van der Waals surface area (Å²) >= 11 is 0. The molecule has 4 aromatic rings. The van der Waals surface area contributed by atoms with Crippen molar-refractivity contribution in [2.24, 2.45) is 0 Å². The number of nitrogens with zero attached hydrogens (tertiary/aromatic N) is 2. The Kier molecular flexibility index (Phi) is 3.81. The Morgan fingerprint density at radius 3 is 2.66 bits per heavy atom. The molecular formula is C22H16F3N3O. The number of nitrogens with one attached hydrogen (secondary N) is 1. The van der Waals surface area contributed by atoms with Crippen molar-refractivity contribution < 1.29 is 17.6 Å². The highest BCUT2D eigenvalue weighted by molar-refractivity contribution is 5.78. The second kappa shape index (κ2) is 6.27. The molecule has 5 rings (SSSR count). The summed E-state index contributed by atoms with van der Waals surface area (Å²) in [6, 6.07) is 18.5. The van der Waals surface area contributed by atoms with Crippen LogP contribution in [0.15, 0.2) is 71.1 Å². The summed E-state index contributed by atoms with van der Waals surface area (Å²) in [5, 5.41) is 7.99. The molecule has 0 unspecified atom stereocenters. The molecule has 0 saturated heterocycles. The number of para-hydroxylation sites is 1. The predicted molar refractivity (Wildman–Crippen MR) is 103 cm³/mol. The number of hydrogen-bond donors (Lipinski definition) is 1. The molecule has 4 nitrogen and oxygen atoms in total. The van der Waals surface area contributed by atoms with Crippen molar-refractivity contribution in [3.63, 3.8) is 0 Å². The van der Waals surface area contributed by atoms with Crippen molar-refractivity contribution in [2.75, 3.05) is 5.32 Å². The third kappa shape index (κ3) is 2.99. The van der Waals surface area contributed by atoms with Crippen LogP contribution in [0.1, 0.15) is 23.2 Å². The minimum Gasteiger partial charge on any atom is -0.457 e. The number of halogens is 3. The Morgan fingerprint density at radius 1 is 1.00 bits per heavy atom. The van der Waals surface area contributed by atoms with Gasteiger partial charge in [-0.1, -0.05) is 30.3 Å². The van der Waals surface area contributed by atoms with Gasteiger partial charge in [0.05, 0.1) is 17.0 Å². The van der Waals surface area contributed by atoms with E-state index >= 15 is 0 Å². The summed E-state index contributed by atoms with van der Waals surface area (Å²) in [6.45, 7) is 1.92. The molecule has 1 aliphatic rings. The van der Waals surface area contributed by atoms with Gasteiger partial charge in [-0.3, -0.25) is 0 Å². The highest BCUT2D eigenvalue weighted by atomic mass is 19.4. The lowest BCUT2D eigenvalue weighted by atomic mass is 10.1. The fourth-order valence-corrected chi connectivity index (χ4v) is 3.65. The van der Waals surface area contributed by atoms with Crippen LogP contribution in [-0.4, -0.2) is 9.78 Å². The number of alkyl halides is 3. The van der Waals surface area contributed by atoms with Crippen LogP contribution in [-0.2, 0) is 6.18 Å². The van der Waals surface area contributed by atoms with Crippen molar-refractivity contribution in [2.45, 2.75) is 19.3 Å². The van der Waals surface area contributed by atoms with Crippen molar-refractivity contribution >= 4 is 5.69 Å². The minimum atomic E-state index is -4.40. The zero-order chi connectivity index (χ0) is 20.2. The average molecular weight is 395 g/mol. The summed E-state index contributed by atoms with van der Waals surface area (Å²) in [5.74, 6) is 0.938. The Morgan fingerprint density at radius 2 is 1.83 bits per heavy atom. The van der Waals surface area contributed by atoms with Crippen molar-refractivity contribution in [1.82, 2.24) is 9.78 Å². The number of aryl methyl sites for hydroxylation is 1. The van der Waals surface area contributed by atoms with E-state index in [1.165, 1.54) is 6.07 Å². The molecule has 1 atom stereocenters. The van der Waals surface area contributed by atoms with Gasteiger partial charge in [-0.05, 0) is 43.3 Å². The molecule has 0 spiro atoms. The second-order valence-corrected chi connectivity index (χ2v) is 6.99. The predicted octanol–water partition coefficient (Wildman–Crippen LogP) is 6.11. The summed E-state index contributed by atoms with van der Waals surface area (Å²) in [5.41, 5.74) is 3.48. The zero-order valence-electron chi connectivity index (χ0n) is 15.4. The highest BCUT2D eigenvalue weighted by Gasteiger charge is 2.31. The molecule has 2 aromatic heterocycles. The molecule has 0 amide bonds. The second-order valence-electron chi connectivity index (χ2n) is 6.99. The lowest BCUT2D eigenvalue weighted by Gasteiger charge is -2.27. The van der Waals surface area contributed by atoms with Gasteiger partial charge in [0.1, 0.15) is 11.5 Å². The van der Waals surface area contributed by atoms with Gasteiger partial charge in [-0.25, -0.2) is 4.68 Å². The minimum absolute atomic E-state index is 0.372. The number of anilines is 1. The third-order valence-corrected chi connectivity index (χ3v) is 4.97. The van der Waals surface area contributed by atoms with E-state index in [0.717, 1.165) is 34.8 Å². The van der Waals surface area contributed by atoms with Crippen LogP contribution in [0.3, 0.4) is 0 Å². The Balaban J connectivity index is 1.55. The molecule has 0 bridgehead atoms. The zero-order valence-corrected chi connectivity index (χ0v) is 15.4. The number of benzene rings is 2. The highest BCUT2D eigenvalue weighted by Crippen LogP contribution is 2.40. The molecular weight excluding hydrogens is 379 g/mol. The molecule has 2 aromatic carbocycles. The van der Waals surface area contributed by atoms with E-state index in [2.05, 4.69) is 10.4 Å². The largest absolute Gasteiger partial charge is 0.457 e. The summed E-state index contributed by atoms with van der Waals surface area (Å²) < 4.78 is 46.9. The maximum atomic E-state index is 13.0. The Hall–Kier alpha value is -3.48. The van der Waals surface area contributed by atoms with E-state index in [1.807, 2.05) is 41.9 Å². The first-order valence-corrected chi connectivity index (χ1v) is 9.09. The van der Waals surface area contributed by atoms with Gasteiger partial charge < -0.3 is 9.73 Å². The molecule has 0 saturated carbocycles. The van der Waals surface area contributed by atoms with E-state index < -0.39 is 17.9 Å². The number of aromatic nitrogens is 2. The lowest BCUT2D eigenvalue weighted by molar-refractivity contribution is -0.137. The molecule has 7 heteroatoms. The summed E-state index contributed by atoms with van der Waals surface area (Å²) in [4.78, 5) is 0. The number of furan rings is 1. The smallest absolute Gasteiger partial charge is 0.416 e. The normalized spacial score (nSPS) is 15.5. The van der Waals surface area contributed by atoms with E-state index in [-0.39, 0.29) is 0 Å². The fourth-order valence-electron chi connectivity index (χ4n) is 3.65. The van der Waals surface area contributed by atoms with E-state index in [0.29, 0.717) is 17.1 Å². The first-order valence-electron chi connectivity index (χ1n) is 9.09. The van der Waals surface area contributed by atoms with Gasteiger partial charge in [0, 0.05) is 16.8 Å². The van der Waals surface area contributed by atoms with Crippen molar-refractivity contribution in [1.29, 1.82) is 0 Å². The van der Waals surface area contributed by atoms with Gasteiger partial charge in [0.2, 0.25) is 0 Å². The molecule has 1 aliphatic heterocycles. The van der Waals surface area contributed by atoms with Gasteiger partial charge in [-0.2, -0.15) is 18.3 Å². The molecule has 3 heterocycles. The SMILES string of the molecule is Cc1cc2n(n1)[C@H](c1ccc(-c3cccc(C(F)(F)F)c3)o1)Nc1ccccc1-2. The molecule has 0 fully saturated rings. The van der Waals surface area contributed by atoms with Crippen LogP contribution >= 0.6 is 0 Å². The fraction of sp³-hybridized carbons (Fsp3) is 0.136.